The first kappa shape index (κ1) is 11.6. The molecule has 0 spiro atoms. The third-order valence-corrected chi connectivity index (χ3v) is 2.91. The molecule has 4 heteroatoms. The number of piperidine rings is 1. The van der Waals surface area contributed by atoms with Crippen molar-refractivity contribution in [2.24, 2.45) is 0 Å². The van der Waals surface area contributed by atoms with Gasteiger partial charge in [-0.2, -0.15) is 5.26 Å². The molecular weight excluding hydrogens is 214 g/mol. The Morgan fingerprint density at radius 3 is 2.76 bits per heavy atom. The van der Waals surface area contributed by atoms with E-state index in [0.29, 0.717) is 11.1 Å². The number of hydrogen-bond acceptors (Lipinski definition) is 3. The van der Waals surface area contributed by atoms with Crippen LogP contribution in [-0.4, -0.2) is 25.0 Å². The van der Waals surface area contributed by atoms with Gasteiger partial charge in [0, 0.05) is 18.2 Å². The SMILES string of the molecule is N#Cc1ccc(C(=O)N[C@@H]2CCCNC2)cc1. The van der Waals surface area contributed by atoms with Crippen LogP contribution in [0.4, 0.5) is 0 Å². The number of nitriles is 1. The average molecular weight is 229 g/mol. The van der Waals surface area contributed by atoms with Crippen LogP contribution in [0, 0.1) is 11.3 Å². The van der Waals surface area contributed by atoms with Gasteiger partial charge in [-0.25, -0.2) is 0 Å². The van der Waals surface area contributed by atoms with E-state index in [4.69, 9.17) is 5.26 Å². The molecule has 0 radical (unpaired) electrons. The maximum Gasteiger partial charge on any atom is 0.251 e. The Labute approximate surface area is 101 Å². The van der Waals surface area contributed by atoms with Gasteiger partial charge < -0.3 is 10.6 Å². The summed E-state index contributed by atoms with van der Waals surface area (Å²) in [5, 5.41) is 14.9. The van der Waals surface area contributed by atoms with E-state index in [0.717, 1.165) is 25.9 Å². The zero-order valence-electron chi connectivity index (χ0n) is 9.57. The molecule has 1 amide bonds. The summed E-state index contributed by atoms with van der Waals surface area (Å²) in [5.74, 6) is -0.0665. The van der Waals surface area contributed by atoms with Crippen LogP contribution in [0.3, 0.4) is 0 Å². The molecule has 0 bridgehead atoms. The number of rotatable bonds is 2. The molecule has 2 rings (SSSR count). The van der Waals surface area contributed by atoms with Crippen molar-refractivity contribution in [2.75, 3.05) is 13.1 Å². The van der Waals surface area contributed by atoms with E-state index in [-0.39, 0.29) is 11.9 Å². The molecule has 1 aromatic rings. The third kappa shape index (κ3) is 3.05. The van der Waals surface area contributed by atoms with Crippen LogP contribution in [0.25, 0.3) is 0 Å². The molecule has 1 saturated heterocycles. The fraction of sp³-hybridized carbons (Fsp3) is 0.385. The zero-order chi connectivity index (χ0) is 12.1. The Bertz CT molecular complexity index is 427. The lowest BCUT2D eigenvalue weighted by Gasteiger charge is -2.23. The fourth-order valence-corrected chi connectivity index (χ4v) is 1.94. The summed E-state index contributed by atoms with van der Waals surface area (Å²) in [5.41, 5.74) is 1.18. The molecule has 1 fully saturated rings. The number of carbonyl (C=O) groups excluding carboxylic acids is 1. The lowest BCUT2D eigenvalue weighted by atomic mass is 10.1. The minimum Gasteiger partial charge on any atom is -0.348 e. The number of amides is 1. The highest BCUT2D eigenvalue weighted by molar-refractivity contribution is 5.94. The second-order valence-electron chi connectivity index (χ2n) is 4.21. The van der Waals surface area contributed by atoms with Crippen molar-refractivity contribution < 1.29 is 4.79 Å². The van der Waals surface area contributed by atoms with Crippen molar-refractivity contribution in [3.63, 3.8) is 0 Å². The lowest BCUT2D eigenvalue weighted by molar-refractivity contribution is 0.0930. The lowest BCUT2D eigenvalue weighted by Crippen LogP contribution is -2.45. The predicted molar refractivity (Wildman–Crippen MR) is 64.5 cm³/mol. The first-order valence-corrected chi connectivity index (χ1v) is 5.81. The minimum atomic E-state index is -0.0665. The molecule has 1 aliphatic heterocycles. The van der Waals surface area contributed by atoms with Gasteiger partial charge >= 0.3 is 0 Å². The van der Waals surface area contributed by atoms with Gasteiger partial charge in [0.25, 0.3) is 5.91 Å². The number of nitrogens with zero attached hydrogens (tertiary/aromatic N) is 1. The van der Waals surface area contributed by atoms with Crippen molar-refractivity contribution in [1.29, 1.82) is 5.26 Å². The Morgan fingerprint density at radius 1 is 1.41 bits per heavy atom. The molecule has 2 N–H and O–H groups in total. The second-order valence-corrected chi connectivity index (χ2v) is 4.21. The summed E-state index contributed by atoms with van der Waals surface area (Å²) in [6, 6.07) is 8.94. The molecular formula is C13H15N3O. The van der Waals surface area contributed by atoms with Gasteiger partial charge in [0.1, 0.15) is 0 Å². The highest BCUT2D eigenvalue weighted by Crippen LogP contribution is 2.06. The fourth-order valence-electron chi connectivity index (χ4n) is 1.94. The minimum absolute atomic E-state index is 0.0665. The van der Waals surface area contributed by atoms with Crippen molar-refractivity contribution in [3.05, 3.63) is 35.4 Å². The molecule has 1 aromatic carbocycles. The van der Waals surface area contributed by atoms with Crippen LogP contribution >= 0.6 is 0 Å². The Hall–Kier alpha value is -1.86. The molecule has 17 heavy (non-hydrogen) atoms. The predicted octanol–water partition coefficient (Wildman–Crippen LogP) is 1.04. The number of nitrogens with one attached hydrogen (secondary N) is 2. The highest BCUT2D eigenvalue weighted by Gasteiger charge is 2.15. The molecule has 88 valence electrons. The molecule has 1 atom stereocenters. The normalized spacial score (nSPS) is 19.4. The quantitative estimate of drug-likeness (QED) is 0.796. The topological polar surface area (TPSA) is 64.9 Å². The van der Waals surface area contributed by atoms with Crippen LogP contribution in [0.1, 0.15) is 28.8 Å². The number of carbonyl (C=O) groups is 1. The van der Waals surface area contributed by atoms with Crippen molar-refractivity contribution in [3.8, 4) is 6.07 Å². The van der Waals surface area contributed by atoms with Gasteiger partial charge in [-0.15, -0.1) is 0 Å². The van der Waals surface area contributed by atoms with Crippen LogP contribution < -0.4 is 10.6 Å². The Balaban J connectivity index is 1.96. The monoisotopic (exact) mass is 229 g/mol. The van der Waals surface area contributed by atoms with E-state index in [1.807, 2.05) is 6.07 Å². The first-order chi connectivity index (χ1) is 8.29. The van der Waals surface area contributed by atoms with Crippen molar-refractivity contribution >= 4 is 5.91 Å². The number of benzene rings is 1. The molecule has 1 aliphatic rings. The first-order valence-electron chi connectivity index (χ1n) is 5.81. The van der Waals surface area contributed by atoms with Crippen LogP contribution in [0.5, 0.6) is 0 Å². The van der Waals surface area contributed by atoms with Gasteiger partial charge in [0.05, 0.1) is 11.6 Å². The maximum atomic E-state index is 11.9. The molecule has 1 heterocycles. The number of hydrogen-bond donors (Lipinski definition) is 2. The summed E-state index contributed by atoms with van der Waals surface area (Å²) < 4.78 is 0. The molecule has 4 nitrogen and oxygen atoms in total. The molecule has 0 saturated carbocycles. The van der Waals surface area contributed by atoms with E-state index >= 15 is 0 Å². The summed E-state index contributed by atoms with van der Waals surface area (Å²) in [6.07, 6.45) is 2.12. The van der Waals surface area contributed by atoms with E-state index in [9.17, 15) is 4.79 Å². The van der Waals surface area contributed by atoms with Crippen LogP contribution in [0.2, 0.25) is 0 Å². The zero-order valence-corrected chi connectivity index (χ0v) is 9.57. The largest absolute Gasteiger partial charge is 0.348 e. The summed E-state index contributed by atoms with van der Waals surface area (Å²) in [6.45, 7) is 1.87. The maximum absolute atomic E-state index is 11.9. The standard InChI is InChI=1S/C13H15N3O/c14-8-10-3-5-11(6-4-10)13(17)16-12-2-1-7-15-9-12/h3-6,12,15H,1-2,7,9H2,(H,16,17)/t12-/m1/s1. The van der Waals surface area contributed by atoms with Gasteiger partial charge in [0.2, 0.25) is 0 Å². The average Bonchev–Trinajstić information content (AvgIpc) is 2.40. The summed E-state index contributed by atoms with van der Waals surface area (Å²) >= 11 is 0. The van der Waals surface area contributed by atoms with Gasteiger partial charge in [-0.3, -0.25) is 4.79 Å². The molecule has 0 aliphatic carbocycles. The van der Waals surface area contributed by atoms with Crippen molar-refractivity contribution in [2.45, 2.75) is 18.9 Å². The van der Waals surface area contributed by atoms with Gasteiger partial charge in [0.15, 0.2) is 0 Å². The van der Waals surface area contributed by atoms with E-state index in [2.05, 4.69) is 10.6 Å². The molecule has 0 unspecified atom stereocenters. The second kappa shape index (κ2) is 5.46. The van der Waals surface area contributed by atoms with Gasteiger partial charge in [-0.05, 0) is 43.7 Å². The van der Waals surface area contributed by atoms with E-state index in [1.54, 1.807) is 24.3 Å². The van der Waals surface area contributed by atoms with Crippen LogP contribution in [-0.2, 0) is 0 Å². The summed E-state index contributed by atoms with van der Waals surface area (Å²) in [7, 11) is 0. The Kier molecular flexibility index (Phi) is 3.73. The van der Waals surface area contributed by atoms with Gasteiger partial charge in [-0.1, -0.05) is 0 Å². The smallest absolute Gasteiger partial charge is 0.251 e. The van der Waals surface area contributed by atoms with E-state index < -0.39 is 0 Å². The summed E-state index contributed by atoms with van der Waals surface area (Å²) in [4.78, 5) is 11.9. The Morgan fingerprint density at radius 2 is 2.18 bits per heavy atom. The highest BCUT2D eigenvalue weighted by atomic mass is 16.1. The van der Waals surface area contributed by atoms with Crippen LogP contribution in [0.15, 0.2) is 24.3 Å². The van der Waals surface area contributed by atoms with Crippen molar-refractivity contribution in [1.82, 2.24) is 10.6 Å². The van der Waals surface area contributed by atoms with E-state index in [1.165, 1.54) is 0 Å². The third-order valence-electron chi connectivity index (χ3n) is 2.91. The molecule has 0 aromatic heterocycles.